The van der Waals surface area contributed by atoms with Crippen molar-refractivity contribution in [2.75, 3.05) is 18.5 Å². The molecule has 1 atom stereocenters. The van der Waals surface area contributed by atoms with E-state index in [0.717, 1.165) is 0 Å². The number of ether oxygens (including phenoxy) is 1. The number of hydrogen-bond acceptors (Lipinski definition) is 4. The molecule has 1 saturated carbocycles. The Bertz CT molecular complexity index is 676. The van der Waals surface area contributed by atoms with Crippen LogP contribution in [0, 0.1) is 5.82 Å². The molecule has 1 fully saturated rings. The summed E-state index contributed by atoms with van der Waals surface area (Å²) >= 11 is 0. The second kappa shape index (κ2) is 7.30. The van der Waals surface area contributed by atoms with Crippen molar-refractivity contribution in [1.29, 1.82) is 0 Å². The summed E-state index contributed by atoms with van der Waals surface area (Å²) in [6.07, 6.45) is -0.513. The fraction of sp³-hybridized carbons (Fsp3) is 0.500. The van der Waals surface area contributed by atoms with Crippen molar-refractivity contribution in [2.45, 2.75) is 37.6 Å². The quantitative estimate of drug-likeness (QED) is 0.754. The van der Waals surface area contributed by atoms with Gasteiger partial charge in [-0.2, -0.15) is 0 Å². The molecular formula is C16H20F3N3O3. The maximum absolute atomic E-state index is 14.1. The molecule has 1 heterocycles. The molecule has 1 aliphatic heterocycles. The molecule has 4 N–H and O–H groups in total. The Morgan fingerprint density at radius 2 is 2.00 bits per heavy atom. The highest BCUT2D eigenvalue weighted by atomic mass is 19.3. The first-order valence-electron chi connectivity index (χ1n) is 7.71. The summed E-state index contributed by atoms with van der Waals surface area (Å²) in [5.74, 6) is -2.41. The fourth-order valence-corrected chi connectivity index (χ4v) is 2.28. The number of halogens is 3. The Morgan fingerprint density at radius 3 is 2.56 bits per heavy atom. The average molecular weight is 359 g/mol. The number of nitrogens with one attached hydrogen (secondary N) is 1. The van der Waals surface area contributed by atoms with Gasteiger partial charge in [-0.1, -0.05) is 0 Å². The van der Waals surface area contributed by atoms with E-state index in [9.17, 15) is 18.0 Å². The summed E-state index contributed by atoms with van der Waals surface area (Å²) in [4.78, 5) is 15.0. The number of alkyl halides is 2. The van der Waals surface area contributed by atoms with E-state index in [4.69, 9.17) is 15.6 Å². The van der Waals surface area contributed by atoms with Gasteiger partial charge in [0.15, 0.2) is 0 Å². The summed E-state index contributed by atoms with van der Waals surface area (Å²) in [6.45, 7) is 2.36. The minimum Gasteiger partial charge on any atom is -0.465 e. The van der Waals surface area contributed by atoms with Crippen molar-refractivity contribution < 1.29 is 27.8 Å². The molecule has 0 aromatic heterocycles. The number of rotatable bonds is 2. The lowest BCUT2D eigenvalue weighted by atomic mass is 9.88. The number of aliphatic imine (C=N–C) groups is 1. The van der Waals surface area contributed by atoms with Crippen LogP contribution in [-0.4, -0.2) is 36.2 Å². The molecule has 0 radical (unpaired) electrons. The first kappa shape index (κ1) is 19.0. The molecule has 6 nitrogen and oxygen atoms in total. The number of benzene rings is 1. The smallest absolute Gasteiger partial charge is 0.409 e. The van der Waals surface area contributed by atoms with E-state index in [1.807, 2.05) is 0 Å². The molecule has 1 aromatic carbocycles. The average Bonchev–Trinajstić information content (AvgIpc) is 3.23. The van der Waals surface area contributed by atoms with Gasteiger partial charge in [-0.25, -0.2) is 18.0 Å². The number of nitrogens with two attached hydrogens (primary N) is 1. The molecule has 0 unspecified atom stereocenters. The standard InChI is InChI=1S/C13H16FN3O3.C3H4F2/c1-13(4-5-20-7-11(15)17-13)9-6-8(16-12(18)19)2-3-10(9)14;4-3(5)1-2-3/h2-3,6,16H,4-5,7H2,1H3,(H2,15,17)(H,18,19);1-2H2/t13-;/m0./s1. The molecule has 1 aromatic rings. The summed E-state index contributed by atoms with van der Waals surface area (Å²) in [6, 6.07) is 4.01. The minimum atomic E-state index is -2.25. The van der Waals surface area contributed by atoms with Gasteiger partial charge in [0.2, 0.25) is 5.92 Å². The highest BCUT2D eigenvalue weighted by Gasteiger charge is 2.43. The SMILES string of the molecule is C[C@@]1(c2cc(NC(=O)O)ccc2F)CCOCC(N)=N1.FC1(F)CC1. The van der Waals surface area contributed by atoms with Gasteiger partial charge < -0.3 is 15.6 Å². The number of amidine groups is 1. The monoisotopic (exact) mass is 359 g/mol. The molecule has 138 valence electrons. The van der Waals surface area contributed by atoms with E-state index in [1.165, 1.54) is 18.2 Å². The lowest BCUT2D eigenvalue weighted by Gasteiger charge is -2.25. The molecule has 9 heteroatoms. The van der Waals surface area contributed by atoms with Crippen molar-refractivity contribution in [1.82, 2.24) is 0 Å². The summed E-state index contributed by atoms with van der Waals surface area (Å²) in [7, 11) is 0. The maximum atomic E-state index is 14.1. The Hall–Kier alpha value is -2.29. The number of carboxylic acid groups (broad SMARTS) is 1. The molecule has 1 amide bonds. The van der Waals surface area contributed by atoms with Crippen molar-refractivity contribution in [3.8, 4) is 0 Å². The summed E-state index contributed by atoms with van der Waals surface area (Å²) < 4.78 is 41.6. The van der Waals surface area contributed by atoms with E-state index >= 15 is 0 Å². The zero-order valence-electron chi connectivity index (χ0n) is 13.7. The van der Waals surface area contributed by atoms with Crippen molar-refractivity contribution >= 4 is 17.6 Å². The topological polar surface area (TPSA) is 96.9 Å². The molecule has 0 saturated heterocycles. The maximum Gasteiger partial charge on any atom is 0.409 e. The van der Waals surface area contributed by atoms with E-state index in [0.29, 0.717) is 18.9 Å². The molecule has 2 aliphatic rings. The molecule has 3 rings (SSSR count). The van der Waals surface area contributed by atoms with Crippen LogP contribution in [0.15, 0.2) is 23.2 Å². The van der Waals surface area contributed by atoms with E-state index in [-0.39, 0.29) is 30.7 Å². The van der Waals surface area contributed by atoms with Crippen molar-refractivity contribution in [2.24, 2.45) is 10.7 Å². The van der Waals surface area contributed by atoms with E-state index in [2.05, 4.69) is 10.3 Å². The predicted octanol–water partition coefficient (Wildman–Crippen LogP) is 3.32. The molecule has 25 heavy (non-hydrogen) atoms. The first-order valence-corrected chi connectivity index (χ1v) is 7.71. The predicted molar refractivity (Wildman–Crippen MR) is 86.6 cm³/mol. The third-order valence-corrected chi connectivity index (χ3v) is 3.80. The number of amides is 1. The van der Waals surface area contributed by atoms with Gasteiger partial charge in [0, 0.05) is 30.7 Å². The number of nitrogens with zero attached hydrogens (tertiary/aromatic N) is 1. The van der Waals surface area contributed by atoms with Crippen LogP contribution in [0.5, 0.6) is 0 Å². The molecule has 0 spiro atoms. The van der Waals surface area contributed by atoms with Gasteiger partial charge in [0.25, 0.3) is 0 Å². The second-order valence-electron chi connectivity index (χ2n) is 6.16. The Morgan fingerprint density at radius 1 is 1.36 bits per heavy atom. The van der Waals surface area contributed by atoms with Gasteiger partial charge in [-0.3, -0.25) is 10.3 Å². The Balaban J connectivity index is 0.000000386. The minimum absolute atomic E-state index is 0.118. The number of anilines is 1. The van der Waals surface area contributed by atoms with Crippen LogP contribution >= 0.6 is 0 Å². The van der Waals surface area contributed by atoms with E-state index < -0.39 is 23.4 Å². The normalized spacial score (nSPS) is 24.2. The van der Waals surface area contributed by atoms with Crippen molar-refractivity contribution in [3.05, 3.63) is 29.6 Å². The zero-order chi connectivity index (χ0) is 18.7. The summed E-state index contributed by atoms with van der Waals surface area (Å²) in [5, 5.41) is 10.9. The number of hydrogen-bond donors (Lipinski definition) is 3. The van der Waals surface area contributed by atoms with Crippen LogP contribution in [-0.2, 0) is 10.3 Å². The third kappa shape index (κ3) is 5.63. The van der Waals surface area contributed by atoms with Crippen LogP contribution < -0.4 is 11.1 Å². The van der Waals surface area contributed by atoms with Crippen LogP contribution in [0.25, 0.3) is 0 Å². The Labute approximate surface area is 142 Å². The van der Waals surface area contributed by atoms with Gasteiger partial charge in [-0.05, 0) is 31.5 Å². The van der Waals surface area contributed by atoms with Gasteiger partial charge in [-0.15, -0.1) is 0 Å². The Kier molecular flexibility index (Phi) is 5.56. The highest BCUT2D eigenvalue weighted by molar-refractivity contribution is 5.83. The second-order valence-corrected chi connectivity index (χ2v) is 6.16. The zero-order valence-corrected chi connectivity index (χ0v) is 13.7. The molecule has 0 bridgehead atoms. The highest BCUT2D eigenvalue weighted by Crippen LogP contribution is 2.40. The fourth-order valence-electron chi connectivity index (χ4n) is 2.28. The third-order valence-electron chi connectivity index (χ3n) is 3.80. The summed E-state index contributed by atoms with van der Waals surface area (Å²) in [5.41, 5.74) is 5.41. The van der Waals surface area contributed by atoms with E-state index in [1.54, 1.807) is 6.92 Å². The van der Waals surface area contributed by atoms with Gasteiger partial charge in [0.1, 0.15) is 18.3 Å². The molecular weight excluding hydrogens is 339 g/mol. The lowest BCUT2D eigenvalue weighted by Crippen LogP contribution is -2.25. The van der Waals surface area contributed by atoms with Crippen LogP contribution in [0.4, 0.5) is 23.7 Å². The van der Waals surface area contributed by atoms with Crippen LogP contribution in [0.1, 0.15) is 31.7 Å². The largest absolute Gasteiger partial charge is 0.465 e. The van der Waals surface area contributed by atoms with Crippen LogP contribution in [0.2, 0.25) is 0 Å². The first-order chi connectivity index (χ1) is 11.6. The van der Waals surface area contributed by atoms with Gasteiger partial charge in [0.05, 0.1) is 5.54 Å². The lowest BCUT2D eigenvalue weighted by molar-refractivity contribution is 0.120. The van der Waals surface area contributed by atoms with Crippen molar-refractivity contribution in [3.63, 3.8) is 0 Å². The van der Waals surface area contributed by atoms with Gasteiger partial charge >= 0.3 is 6.09 Å². The molecule has 1 aliphatic carbocycles. The van der Waals surface area contributed by atoms with Crippen LogP contribution in [0.3, 0.4) is 0 Å². The number of carbonyl (C=O) groups is 1.